The van der Waals surface area contributed by atoms with Gasteiger partial charge in [0.15, 0.2) is 0 Å². The van der Waals surface area contributed by atoms with Crippen LogP contribution in [0, 0.1) is 10.1 Å². The third-order valence-corrected chi connectivity index (χ3v) is 3.26. The monoisotopic (exact) mass is 256 g/mol. The molecule has 1 aliphatic rings. The first-order valence-electron chi connectivity index (χ1n) is 5.60. The van der Waals surface area contributed by atoms with Gasteiger partial charge in [0.25, 0.3) is 5.69 Å². The van der Waals surface area contributed by atoms with Gasteiger partial charge in [0, 0.05) is 12.1 Å². The van der Waals surface area contributed by atoms with Crippen molar-refractivity contribution in [2.75, 3.05) is 24.5 Å². The zero-order chi connectivity index (χ0) is 12.4. The van der Waals surface area contributed by atoms with E-state index in [1.54, 1.807) is 6.07 Å². The lowest BCUT2D eigenvalue weighted by molar-refractivity contribution is -0.687. The van der Waals surface area contributed by atoms with Gasteiger partial charge < -0.3 is 10.2 Å². The highest BCUT2D eigenvalue weighted by Crippen LogP contribution is 2.29. The number of benzene rings is 1. The Morgan fingerprint density at radius 3 is 2.94 bits per heavy atom. The Balaban J connectivity index is 2.23. The number of quaternary nitrogens is 1. The fourth-order valence-electron chi connectivity index (χ4n) is 2.11. The maximum atomic E-state index is 10.6. The second-order valence-corrected chi connectivity index (χ2v) is 4.75. The third-order valence-electron chi connectivity index (χ3n) is 2.96. The highest BCUT2D eigenvalue weighted by molar-refractivity contribution is 6.33. The molecule has 1 saturated heterocycles. The molecule has 1 atom stereocenters. The van der Waals surface area contributed by atoms with Gasteiger partial charge in [0.05, 0.1) is 35.3 Å². The molecule has 1 aliphatic heterocycles. The summed E-state index contributed by atoms with van der Waals surface area (Å²) in [5.41, 5.74) is 0.924. The molecule has 0 radical (unpaired) electrons. The zero-order valence-corrected chi connectivity index (χ0v) is 10.4. The van der Waals surface area contributed by atoms with Gasteiger partial charge in [-0.2, -0.15) is 0 Å². The zero-order valence-electron chi connectivity index (χ0n) is 9.60. The average molecular weight is 257 g/mol. The van der Waals surface area contributed by atoms with Crippen molar-refractivity contribution >= 4 is 23.0 Å². The Labute approximate surface area is 105 Å². The summed E-state index contributed by atoms with van der Waals surface area (Å²) in [7, 11) is 0. The van der Waals surface area contributed by atoms with Crippen LogP contribution < -0.4 is 10.2 Å². The maximum Gasteiger partial charge on any atom is 0.271 e. The number of nitro benzene ring substituents is 1. The van der Waals surface area contributed by atoms with Crippen LogP contribution in [0.2, 0.25) is 5.02 Å². The van der Waals surface area contributed by atoms with Gasteiger partial charge >= 0.3 is 0 Å². The first-order valence-corrected chi connectivity index (χ1v) is 5.98. The number of hydrogen-bond donors (Lipinski definition) is 1. The van der Waals surface area contributed by atoms with Gasteiger partial charge in [-0.3, -0.25) is 10.1 Å². The largest absolute Gasteiger partial charge is 0.359 e. The Morgan fingerprint density at radius 1 is 1.59 bits per heavy atom. The van der Waals surface area contributed by atoms with Gasteiger partial charge in [-0.05, 0) is 13.0 Å². The van der Waals surface area contributed by atoms with E-state index in [0.717, 1.165) is 25.3 Å². The van der Waals surface area contributed by atoms with E-state index in [2.05, 4.69) is 17.1 Å². The van der Waals surface area contributed by atoms with Crippen LogP contribution in [-0.2, 0) is 0 Å². The van der Waals surface area contributed by atoms with Crippen LogP contribution in [0.5, 0.6) is 0 Å². The highest BCUT2D eigenvalue weighted by atomic mass is 35.5. The molecular weight excluding hydrogens is 242 g/mol. The molecule has 0 aliphatic carbocycles. The van der Waals surface area contributed by atoms with Crippen molar-refractivity contribution in [3.05, 3.63) is 33.3 Å². The summed E-state index contributed by atoms with van der Waals surface area (Å²) in [4.78, 5) is 12.4. The molecule has 0 unspecified atom stereocenters. The van der Waals surface area contributed by atoms with Crippen LogP contribution in [0.3, 0.4) is 0 Å². The van der Waals surface area contributed by atoms with Crippen LogP contribution >= 0.6 is 11.6 Å². The van der Waals surface area contributed by atoms with Crippen LogP contribution in [0.1, 0.15) is 6.92 Å². The van der Waals surface area contributed by atoms with Crippen LogP contribution in [0.25, 0.3) is 0 Å². The van der Waals surface area contributed by atoms with E-state index in [0.29, 0.717) is 11.1 Å². The molecular formula is C11H15ClN3O2+. The van der Waals surface area contributed by atoms with Crippen LogP contribution in [-0.4, -0.2) is 30.6 Å². The van der Waals surface area contributed by atoms with Crippen molar-refractivity contribution in [2.45, 2.75) is 13.0 Å². The first kappa shape index (κ1) is 12.1. The predicted molar refractivity (Wildman–Crippen MR) is 66.6 cm³/mol. The molecule has 1 fully saturated rings. The van der Waals surface area contributed by atoms with E-state index in [-0.39, 0.29) is 5.69 Å². The minimum absolute atomic E-state index is 0.0374. The number of hydrogen-bond acceptors (Lipinski definition) is 3. The van der Waals surface area contributed by atoms with E-state index in [1.165, 1.54) is 12.1 Å². The Hall–Kier alpha value is -1.33. The molecule has 0 saturated carbocycles. The van der Waals surface area contributed by atoms with Gasteiger partial charge in [0.1, 0.15) is 6.04 Å². The minimum Gasteiger partial charge on any atom is -0.359 e. The molecule has 0 amide bonds. The molecule has 0 spiro atoms. The lowest BCUT2D eigenvalue weighted by Crippen LogP contribution is -2.94. The molecule has 92 valence electrons. The van der Waals surface area contributed by atoms with Crippen molar-refractivity contribution in [1.29, 1.82) is 0 Å². The molecule has 17 heavy (non-hydrogen) atoms. The third kappa shape index (κ3) is 2.68. The van der Waals surface area contributed by atoms with Gasteiger partial charge in [-0.25, -0.2) is 0 Å². The van der Waals surface area contributed by atoms with Crippen molar-refractivity contribution < 1.29 is 10.2 Å². The van der Waals surface area contributed by atoms with Crippen molar-refractivity contribution in [1.82, 2.24) is 0 Å². The summed E-state index contributed by atoms with van der Waals surface area (Å²) in [6.07, 6.45) is 0. The van der Waals surface area contributed by atoms with E-state index >= 15 is 0 Å². The van der Waals surface area contributed by atoms with E-state index in [9.17, 15) is 10.1 Å². The average Bonchev–Trinajstić information content (AvgIpc) is 2.28. The normalized spacial score (nSPS) is 20.4. The topological polar surface area (TPSA) is 63.0 Å². The lowest BCUT2D eigenvalue weighted by atomic mass is 10.2. The van der Waals surface area contributed by atoms with Crippen molar-refractivity contribution in [3.63, 3.8) is 0 Å². The Morgan fingerprint density at radius 2 is 2.35 bits per heavy atom. The number of nitro groups is 1. The maximum absolute atomic E-state index is 10.6. The summed E-state index contributed by atoms with van der Waals surface area (Å²) < 4.78 is 0. The van der Waals surface area contributed by atoms with Crippen LogP contribution in [0.4, 0.5) is 11.4 Å². The van der Waals surface area contributed by atoms with Crippen LogP contribution in [0.15, 0.2) is 18.2 Å². The molecule has 1 aromatic rings. The molecule has 5 nitrogen and oxygen atoms in total. The van der Waals surface area contributed by atoms with Crippen molar-refractivity contribution in [2.24, 2.45) is 0 Å². The number of nitrogens with zero attached hydrogens (tertiary/aromatic N) is 2. The minimum atomic E-state index is -0.428. The summed E-state index contributed by atoms with van der Waals surface area (Å²) >= 11 is 6.10. The summed E-state index contributed by atoms with van der Waals surface area (Å²) in [5, 5.41) is 13.4. The number of rotatable bonds is 2. The standard InChI is InChI=1S/C11H14ClN3O2/c1-8-7-14(5-4-13-8)11-3-2-9(15(16)17)6-10(11)12/h2-3,6,8,13H,4-5,7H2,1H3/p+1/t8-/m0/s1. The molecule has 6 heteroatoms. The number of non-ortho nitro benzene ring substituents is 1. The van der Waals surface area contributed by atoms with E-state index < -0.39 is 4.92 Å². The summed E-state index contributed by atoms with van der Waals surface area (Å²) in [6.45, 7) is 5.01. The fourth-order valence-corrected chi connectivity index (χ4v) is 2.41. The van der Waals surface area contributed by atoms with Crippen molar-refractivity contribution in [3.8, 4) is 0 Å². The smallest absolute Gasteiger partial charge is 0.271 e. The molecule has 2 rings (SSSR count). The molecule has 0 bridgehead atoms. The van der Waals surface area contributed by atoms with Gasteiger partial charge in [0.2, 0.25) is 0 Å². The molecule has 1 heterocycles. The SMILES string of the molecule is C[C@H]1CN(c2ccc([N+](=O)[O-])cc2Cl)CC[NH2+]1. The molecule has 1 aromatic carbocycles. The van der Waals surface area contributed by atoms with Gasteiger partial charge in [-0.15, -0.1) is 0 Å². The number of nitrogens with two attached hydrogens (primary N) is 1. The Bertz CT molecular complexity index is 439. The number of anilines is 1. The predicted octanol–water partition coefficient (Wildman–Crippen LogP) is 1.02. The first-order chi connectivity index (χ1) is 8.08. The fraction of sp³-hybridized carbons (Fsp3) is 0.455. The van der Waals surface area contributed by atoms with Gasteiger partial charge in [-0.1, -0.05) is 11.6 Å². The van der Waals surface area contributed by atoms with E-state index in [1.807, 2.05) is 0 Å². The second kappa shape index (κ2) is 4.89. The van der Waals surface area contributed by atoms with E-state index in [4.69, 9.17) is 11.6 Å². The molecule has 2 N–H and O–H groups in total. The highest BCUT2D eigenvalue weighted by Gasteiger charge is 2.21. The number of halogens is 1. The molecule has 0 aromatic heterocycles. The summed E-state index contributed by atoms with van der Waals surface area (Å²) in [5.74, 6) is 0. The quantitative estimate of drug-likeness (QED) is 0.635. The number of piperazine rings is 1. The Kier molecular flexibility index (Phi) is 3.49. The second-order valence-electron chi connectivity index (χ2n) is 4.34. The lowest BCUT2D eigenvalue weighted by Gasteiger charge is -2.31. The summed E-state index contributed by atoms with van der Waals surface area (Å²) in [6, 6.07) is 5.18.